The lowest BCUT2D eigenvalue weighted by atomic mass is 9.79. The van der Waals surface area contributed by atoms with Crippen molar-refractivity contribution in [2.24, 2.45) is 0 Å². The summed E-state index contributed by atoms with van der Waals surface area (Å²) in [6.07, 6.45) is 0. The lowest BCUT2D eigenvalue weighted by Crippen LogP contribution is -2.30. The van der Waals surface area contributed by atoms with Gasteiger partial charge in [-0.1, -0.05) is 54.6 Å². The molecule has 0 saturated carbocycles. The van der Waals surface area contributed by atoms with Crippen LogP contribution in [-0.2, 0) is 9.53 Å². The van der Waals surface area contributed by atoms with Gasteiger partial charge in [0.15, 0.2) is 5.78 Å². The quantitative estimate of drug-likeness (QED) is 0.568. The van der Waals surface area contributed by atoms with E-state index in [0.29, 0.717) is 28.0 Å². The van der Waals surface area contributed by atoms with Gasteiger partial charge in [-0.05, 0) is 29.8 Å². The fourth-order valence-electron chi connectivity index (χ4n) is 4.80. The molecule has 0 radical (unpaired) electrons. The number of carbonyl (C=O) groups is 2. The molecular weight excluding hydrogens is 393 g/mol. The summed E-state index contributed by atoms with van der Waals surface area (Å²) in [5.74, 6) is -1.54. The Balaban J connectivity index is 1.68. The second-order valence-corrected chi connectivity index (χ2v) is 7.73. The van der Waals surface area contributed by atoms with Crippen molar-refractivity contribution in [3.8, 4) is 0 Å². The summed E-state index contributed by atoms with van der Waals surface area (Å²) in [6.45, 7) is 0.119. The molecule has 1 atom stereocenters. The number of nitrogens with zero attached hydrogens (tertiary/aromatic N) is 1. The van der Waals surface area contributed by atoms with E-state index in [2.05, 4.69) is 0 Å². The lowest BCUT2D eigenvalue weighted by Gasteiger charge is -2.35. The molecule has 31 heavy (non-hydrogen) atoms. The monoisotopic (exact) mass is 409 g/mol. The average molecular weight is 409 g/mol. The van der Waals surface area contributed by atoms with Crippen LogP contribution in [0.5, 0.6) is 0 Å². The van der Waals surface area contributed by atoms with E-state index in [-0.39, 0.29) is 18.2 Å². The second-order valence-electron chi connectivity index (χ2n) is 7.73. The molecule has 3 aliphatic rings. The van der Waals surface area contributed by atoms with Crippen molar-refractivity contribution in [3.63, 3.8) is 0 Å². The van der Waals surface area contributed by atoms with Crippen LogP contribution in [0.25, 0.3) is 5.70 Å². The summed E-state index contributed by atoms with van der Waals surface area (Å²) in [5, 5.41) is 0. The summed E-state index contributed by atoms with van der Waals surface area (Å²) in [4.78, 5) is 28.5. The van der Waals surface area contributed by atoms with Crippen LogP contribution < -0.4 is 4.90 Å². The van der Waals surface area contributed by atoms with Gasteiger partial charge in [-0.15, -0.1) is 0 Å². The second kappa shape index (κ2) is 6.51. The fraction of sp³-hybridized carbons (Fsp3) is 0.0769. The smallest absolute Gasteiger partial charge is 0.337 e. The van der Waals surface area contributed by atoms with Gasteiger partial charge in [-0.3, -0.25) is 4.79 Å². The molecule has 2 heterocycles. The normalized spacial score (nSPS) is 19.4. The predicted molar refractivity (Wildman–Crippen MR) is 114 cm³/mol. The van der Waals surface area contributed by atoms with Gasteiger partial charge in [0, 0.05) is 28.3 Å². The number of para-hydroxylation sites is 1. The maximum atomic E-state index is 13.7. The van der Waals surface area contributed by atoms with Crippen LogP contribution in [0.1, 0.15) is 27.4 Å². The Bertz CT molecular complexity index is 1320. The molecule has 150 valence electrons. The third kappa shape index (κ3) is 2.46. The highest BCUT2D eigenvalue weighted by atomic mass is 19.1. The number of allylic oxidation sites excluding steroid dienone is 1. The molecule has 2 aliphatic heterocycles. The zero-order valence-corrected chi connectivity index (χ0v) is 16.3. The van der Waals surface area contributed by atoms with E-state index < -0.39 is 11.9 Å². The number of anilines is 1. The number of ketones is 1. The summed E-state index contributed by atoms with van der Waals surface area (Å²) in [7, 11) is 0. The van der Waals surface area contributed by atoms with Gasteiger partial charge in [-0.2, -0.15) is 0 Å². The molecule has 4 nitrogen and oxygen atoms in total. The van der Waals surface area contributed by atoms with Crippen LogP contribution in [0.4, 0.5) is 10.1 Å². The molecule has 0 spiro atoms. The minimum absolute atomic E-state index is 0.118. The van der Waals surface area contributed by atoms with Crippen LogP contribution in [0, 0.1) is 5.82 Å². The van der Waals surface area contributed by atoms with E-state index in [0.717, 1.165) is 16.9 Å². The first-order chi connectivity index (χ1) is 15.1. The average Bonchev–Trinajstić information content (AvgIpc) is 3.32. The molecule has 1 aliphatic carbocycles. The highest BCUT2D eigenvalue weighted by Gasteiger charge is 2.49. The maximum absolute atomic E-state index is 13.7. The Labute approximate surface area is 177 Å². The Hall–Kier alpha value is -3.99. The van der Waals surface area contributed by atoms with E-state index in [9.17, 15) is 14.0 Å². The predicted octanol–water partition coefficient (Wildman–Crippen LogP) is 4.85. The van der Waals surface area contributed by atoms with Crippen molar-refractivity contribution < 1.29 is 18.7 Å². The maximum Gasteiger partial charge on any atom is 0.337 e. The summed E-state index contributed by atoms with van der Waals surface area (Å²) in [5.41, 5.74) is 5.41. The number of ether oxygens (including phenoxy) is 1. The highest BCUT2D eigenvalue weighted by Crippen LogP contribution is 2.53. The van der Waals surface area contributed by atoms with Crippen LogP contribution in [0.15, 0.2) is 95.7 Å². The van der Waals surface area contributed by atoms with Crippen LogP contribution in [0.3, 0.4) is 0 Å². The van der Waals surface area contributed by atoms with Gasteiger partial charge in [-0.25, -0.2) is 9.18 Å². The standard InChI is InChI=1S/C26H16FNO3/c27-16-12-10-15(11-13-16)21-22-20(14-31-26(22)30)28(17-6-2-1-3-7-17)24-18-8-4-5-9-19(18)25(29)23(21)24/h1-13,21H,14H2. The Kier molecular flexibility index (Phi) is 3.74. The number of fused-ring (bicyclic) bond motifs is 2. The van der Waals surface area contributed by atoms with Crippen molar-refractivity contribution >= 4 is 23.1 Å². The molecule has 0 N–H and O–H groups in total. The van der Waals surface area contributed by atoms with Crippen molar-refractivity contribution in [1.29, 1.82) is 0 Å². The van der Waals surface area contributed by atoms with Crippen LogP contribution in [-0.4, -0.2) is 18.4 Å². The topological polar surface area (TPSA) is 46.6 Å². The molecule has 5 heteroatoms. The minimum Gasteiger partial charge on any atom is -0.456 e. The number of halogens is 1. The molecule has 0 bridgehead atoms. The first kappa shape index (κ1) is 17.8. The largest absolute Gasteiger partial charge is 0.456 e. The molecule has 6 rings (SSSR count). The number of hydrogen-bond donors (Lipinski definition) is 0. The lowest BCUT2D eigenvalue weighted by molar-refractivity contribution is -0.136. The highest BCUT2D eigenvalue weighted by molar-refractivity contribution is 6.25. The third-order valence-corrected chi connectivity index (χ3v) is 6.09. The first-order valence-corrected chi connectivity index (χ1v) is 10.0. The minimum atomic E-state index is -0.611. The Morgan fingerprint density at radius 2 is 1.48 bits per heavy atom. The molecule has 0 amide bonds. The number of carbonyl (C=O) groups excluding carboxylic acids is 2. The first-order valence-electron chi connectivity index (χ1n) is 10.0. The van der Waals surface area contributed by atoms with Gasteiger partial charge in [0.25, 0.3) is 0 Å². The Morgan fingerprint density at radius 3 is 2.23 bits per heavy atom. The number of esters is 1. The fourth-order valence-corrected chi connectivity index (χ4v) is 4.80. The molecule has 3 aromatic carbocycles. The van der Waals surface area contributed by atoms with Gasteiger partial charge in [0.05, 0.1) is 17.0 Å². The zero-order valence-electron chi connectivity index (χ0n) is 16.3. The third-order valence-electron chi connectivity index (χ3n) is 6.09. The van der Waals surface area contributed by atoms with E-state index in [1.165, 1.54) is 12.1 Å². The Morgan fingerprint density at radius 1 is 0.806 bits per heavy atom. The zero-order chi connectivity index (χ0) is 21.1. The van der Waals surface area contributed by atoms with Crippen molar-refractivity contribution in [2.75, 3.05) is 11.5 Å². The molecule has 0 aromatic heterocycles. The number of benzene rings is 3. The van der Waals surface area contributed by atoms with Crippen molar-refractivity contribution in [3.05, 3.63) is 118 Å². The van der Waals surface area contributed by atoms with E-state index in [4.69, 9.17) is 4.74 Å². The summed E-state index contributed by atoms with van der Waals surface area (Å²) >= 11 is 0. The van der Waals surface area contributed by atoms with E-state index in [1.54, 1.807) is 12.1 Å². The van der Waals surface area contributed by atoms with Crippen LogP contribution >= 0.6 is 0 Å². The summed E-state index contributed by atoms with van der Waals surface area (Å²) < 4.78 is 19.1. The van der Waals surface area contributed by atoms with Crippen LogP contribution in [0.2, 0.25) is 0 Å². The number of Topliss-reactive ketones (excluding diaryl/α,β-unsaturated/α-hetero) is 1. The number of hydrogen-bond acceptors (Lipinski definition) is 4. The molecule has 0 saturated heterocycles. The molecule has 1 unspecified atom stereocenters. The van der Waals surface area contributed by atoms with Gasteiger partial charge in [0.1, 0.15) is 12.4 Å². The van der Waals surface area contributed by atoms with E-state index in [1.807, 2.05) is 59.5 Å². The number of cyclic esters (lactones) is 1. The van der Waals surface area contributed by atoms with E-state index >= 15 is 0 Å². The van der Waals surface area contributed by atoms with Crippen molar-refractivity contribution in [1.82, 2.24) is 0 Å². The van der Waals surface area contributed by atoms with Gasteiger partial charge >= 0.3 is 5.97 Å². The molecule has 3 aromatic rings. The molecular formula is C26H16FNO3. The SMILES string of the molecule is O=C1OCC2=C1C(c1ccc(F)cc1)C1=C(c3ccccc3C1=O)N2c1ccccc1. The van der Waals surface area contributed by atoms with Crippen molar-refractivity contribution in [2.45, 2.75) is 5.92 Å². The van der Waals surface area contributed by atoms with Gasteiger partial charge < -0.3 is 9.64 Å². The van der Waals surface area contributed by atoms with Gasteiger partial charge in [0.2, 0.25) is 0 Å². The summed E-state index contributed by atoms with van der Waals surface area (Å²) in [6, 6.07) is 23.1. The molecule has 0 fully saturated rings. The number of rotatable bonds is 2.